The maximum atomic E-state index is 16.3. The van der Waals surface area contributed by atoms with Gasteiger partial charge >= 0.3 is 5.97 Å². The number of hydrogen-bond donors (Lipinski definition) is 8. The van der Waals surface area contributed by atoms with Crippen LogP contribution in [0.15, 0.2) is 23.8 Å². The molecule has 6 fully saturated rings. The van der Waals surface area contributed by atoms with Crippen molar-refractivity contribution in [2.75, 3.05) is 40.8 Å². The van der Waals surface area contributed by atoms with Crippen molar-refractivity contribution in [1.82, 2.24) is 15.1 Å². The number of allylic oxidation sites excluding steroid dienone is 4. The Hall–Kier alpha value is -2.25. The summed E-state index contributed by atoms with van der Waals surface area (Å²) in [6, 6.07) is -1.18. The number of hydrogen-bond acceptors (Lipinski definition) is 18. The Morgan fingerprint density at radius 1 is 0.902 bits per heavy atom. The zero-order valence-corrected chi connectivity index (χ0v) is 52.3. The lowest BCUT2D eigenvalue weighted by Crippen LogP contribution is -2.70. The summed E-state index contributed by atoms with van der Waals surface area (Å²) in [6.45, 7) is 23.0. The van der Waals surface area contributed by atoms with Gasteiger partial charge in [0.15, 0.2) is 24.0 Å². The first-order chi connectivity index (χ1) is 37.9. The first-order valence-corrected chi connectivity index (χ1v) is 30.5. The number of fused-ring (bicyclic) bond motifs is 5. The number of carbonyl (C=O) groups is 3. The van der Waals surface area contributed by atoms with Gasteiger partial charge in [0.1, 0.15) is 36.2 Å². The average molecular weight is 1190 g/mol. The largest absolute Gasteiger partial charge is 0.459 e. The first-order valence-electron chi connectivity index (χ1n) is 30.1. The molecule has 0 bridgehead atoms. The fourth-order valence-electron chi connectivity index (χ4n) is 16.5. The Morgan fingerprint density at radius 3 is 2.18 bits per heavy atom. The van der Waals surface area contributed by atoms with Gasteiger partial charge in [0.2, 0.25) is 0 Å². The first kappa shape index (κ1) is 67.3. The van der Waals surface area contributed by atoms with Crippen molar-refractivity contribution in [1.29, 1.82) is 0 Å². The summed E-state index contributed by atoms with van der Waals surface area (Å²) in [7, 11) is 5.19. The smallest absolute Gasteiger partial charge is 0.311 e. The molecule has 470 valence electrons. The highest BCUT2D eigenvalue weighted by molar-refractivity contribution is 6.26. The molecular formula is C61H101ClFN3O16. The average Bonchev–Trinajstić information content (AvgIpc) is 2.67. The lowest BCUT2D eigenvalue weighted by Gasteiger charge is -2.64. The number of methoxy groups -OCH3 is 1. The second-order valence-electron chi connectivity index (χ2n) is 27.6. The molecule has 19 nitrogen and oxygen atoms in total. The Kier molecular flexibility index (Phi) is 20.3. The monoisotopic (exact) mass is 1190 g/mol. The van der Waals surface area contributed by atoms with Crippen molar-refractivity contribution >= 4 is 29.3 Å². The minimum absolute atomic E-state index is 0.0548. The van der Waals surface area contributed by atoms with E-state index >= 15 is 4.39 Å². The molecule has 3 heterocycles. The third-order valence-electron chi connectivity index (χ3n) is 21.5. The predicted molar refractivity (Wildman–Crippen MR) is 304 cm³/mol. The number of carbonyl (C=O) groups excluding carboxylic acids is 3. The van der Waals surface area contributed by atoms with Crippen LogP contribution in [0, 0.1) is 46.3 Å². The van der Waals surface area contributed by atoms with Crippen LogP contribution in [0.3, 0.4) is 0 Å². The van der Waals surface area contributed by atoms with Gasteiger partial charge in [-0.2, -0.15) is 0 Å². The SMILES string of the molecule is CC[C@H]1OC(=O)[C@H](C)C(OC2C[C@](C)(OC)[C@H](O)C(C)O2)[C@H](C)C(OC2OC(C)CC(N(C)C)[C@H]2O)[C@](C)(O)C[C@@H](C)CN(CCCNC(=O)[C@@]2(O)[C@H](C)CC3C4C[C@H](F)C5=CC(=O)C=C[C@]5(C)[C@@]4(Cl)[C@@H](O)C[C@@]32C)[C@H](C)[C@@H](O)[C@]1(C)O. The van der Waals surface area contributed by atoms with Gasteiger partial charge in [-0.05, 0) is 149 Å². The number of esters is 1. The van der Waals surface area contributed by atoms with Crippen LogP contribution in [0.1, 0.15) is 141 Å². The van der Waals surface area contributed by atoms with Crippen molar-refractivity contribution in [2.45, 2.75) is 254 Å². The third kappa shape index (κ3) is 11.8. The van der Waals surface area contributed by atoms with E-state index in [-0.39, 0.29) is 87.6 Å². The molecule has 4 aliphatic carbocycles. The van der Waals surface area contributed by atoms with Crippen LogP contribution in [0.25, 0.3) is 0 Å². The van der Waals surface area contributed by atoms with Crippen LogP contribution in [0.2, 0.25) is 0 Å². The molecule has 9 unspecified atom stereocenters. The Balaban J connectivity index is 1.16. The van der Waals surface area contributed by atoms with Crippen LogP contribution in [-0.4, -0.2) is 217 Å². The van der Waals surface area contributed by atoms with E-state index in [4.69, 9.17) is 40.0 Å². The van der Waals surface area contributed by atoms with Crippen LogP contribution < -0.4 is 5.32 Å². The second kappa shape index (κ2) is 24.7. The van der Waals surface area contributed by atoms with Gasteiger partial charge in [0, 0.05) is 62.0 Å². The number of halogens is 2. The Morgan fingerprint density at radius 2 is 1.56 bits per heavy atom. The molecule has 3 saturated heterocycles. The molecule has 27 atom stereocenters. The van der Waals surface area contributed by atoms with Crippen LogP contribution >= 0.6 is 11.6 Å². The number of amides is 1. The molecule has 82 heavy (non-hydrogen) atoms. The number of ketones is 1. The van der Waals surface area contributed by atoms with E-state index in [0.29, 0.717) is 12.8 Å². The molecular weight excluding hydrogens is 1090 g/mol. The molecule has 0 aromatic rings. The lowest BCUT2D eigenvalue weighted by molar-refractivity contribution is -0.318. The van der Waals surface area contributed by atoms with Gasteiger partial charge in [0.05, 0.1) is 52.5 Å². The van der Waals surface area contributed by atoms with E-state index < -0.39 is 153 Å². The molecule has 7 aliphatic rings. The number of nitrogens with zero attached hydrogens (tertiary/aromatic N) is 2. The molecule has 3 saturated carbocycles. The van der Waals surface area contributed by atoms with Gasteiger partial charge in [-0.3, -0.25) is 19.3 Å². The molecule has 21 heteroatoms. The van der Waals surface area contributed by atoms with Crippen molar-refractivity contribution in [3.63, 3.8) is 0 Å². The molecule has 3 aliphatic heterocycles. The number of cyclic esters (lactones) is 1. The topological polar surface area (TPSA) is 267 Å². The van der Waals surface area contributed by atoms with Crippen molar-refractivity contribution in [3.05, 3.63) is 23.8 Å². The zero-order valence-electron chi connectivity index (χ0n) is 51.5. The number of nitrogens with one attached hydrogen (secondary N) is 1. The van der Waals surface area contributed by atoms with Crippen molar-refractivity contribution in [2.24, 2.45) is 46.3 Å². The summed E-state index contributed by atoms with van der Waals surface area (Å²) in [6.07, 6.45) is -7.97. The number of rotatable bonds is 12. The zero-order chi connectivity index (χ0) is 61.4. The highest BCUT2D eigenvalue weighted by Gasteiger charge is 2.76. The Bertz CT molecular complexity index is 2350. The van der Waals surface area contributed by atoms with Gasteiger partial charge in [-0.15, -0.1) is 11.6 Å². The molecule has 0 radical (unpaired) electrons. The highest BCUT2D eigenvalue weighted by atomic mass is 35.5. The normalized spacial score (nSPS) is 50.8. The van der Waals surface area contributed by atoms with E-state index in [2.05, 4.69) is 5.32 Å². The maximum Gasteiger partial charge on any atom is 0.311 e. The van der Waals surface area contributed by atoms with E-state index in [1.807, 2.05) is 37.7 Å². The summed E-state index contributed by atoms with van der Waals surface area (Å²) in [5.74, 6) is -5.90. The molecule has 8 N–H and O–H groups in total. The van der Waals surface area contributed by atoms with Gasteiger partial charge in [0.25, 0.3) is 5.91 Å². The fraction of sp³-hybridized carbons (Fsp3) is 0.885. The molecule has 7 rings (SSSR count). The number of likely N-dealkylation sites (N-methyl/N-ethyl adjacent to an activating group) is 1. The van der Waals surface area contributed by atoms with Crippen LogP contribution in [-0.2, 0) is 42.8 Å². The quantitative estimate of drug-likeness (QED) is 0.0767. The number of aliphatic hydroxyl groups excluding tert-OH is 4. The van der Waals surface area contributed by atoms with Crippen molar-refractivity contribution in [3.8, 4) is 0 Å². The molecule has 0 aromatic carbocycles. The predicted octanol–water partition coefficient (Wildman–Crippen LogP) is 4.34. The van der Waals surface area contributed by atoms with E-state index in [9.17, 15) is 50.1 Å². The number of ether oxygens (including phenoxy) is 6. The fourth-order valence-corrected chi connectivity index (χ4v) is 17.0. The molecule has 1 amide bonds. The van der Waals surface area contributed by atoms with E-state index in [0.717, 1.165) is 0 Å². The van der Waals surface area contributed by atoms with E-state index in [1.165, 1.54) is 26.2 Å². The maximum absolute atomic E-state index is 16.3. The summed E-state index contributed by atoms with van der Waals surface area (Å²) in [5, 5.41) is 88.7. The van der Waals surface area contributed by atoms with Crippen molar-refractivity contribution < 1.29 is 82.9 Å². The number of alkyl halides is 2. The van der Waals surface area contributed by atoms with Gasteiger partial charge in [-0.25, -0.2) is 4.39 Å². The van der Waals surface area contributed by atoms with Crippen LogP contribution in [0.5, 0.6) is 0 Å². The standard InChI is InChI=1S/C61H101ClFN3O16/c1-17-45-59(13,75)49(70)36(7)66(22-18-21-64-54(73)61(76)32(3)23-39-40-26-42(63)41-25-38(67)19-20-55(41,9)60(40,62)44(68)28-56(39,61)10)30-31(2)27-57(11,74)51(82-53-47(69)43(65(14)15)24-33(4)78-53)34(5)48(35(6)52(72)80-45)81-46-29-58(12,77-16)50(71)37(8)79-46/h19-20,25,31-37,39-40,42-51,53,68-71,74-76H,17-18,21-24,26-30H2,1-16H3,(H,64,73)/t31-,32-,33?,34+,35-,36-,37?,39?,40?,42+,43?,44+,45-,46?,47-,48?,49-,50-,51?,53?,55+,56+,57-,58+,59-,60+,61+/m1/s1. The van der Waals surface area contributed by atoms with Gasteiger partial charge in [-0.1, -0.05) is 47.6 Å². The minimum atomic E-state index is -2.02. The number of aliphatic hydroxyl groups is 7. The molecule has 0 spiro atoms. The Labute approximate surface area is 490 Å². The summed E-state index contributed by atoms with van der Waals surface area (Å²) in [4.78, 5) is 44.3. The second-order valence-corrected chi connectivity index (χ2v) is 28.2. The summed E-state index contributed by atoms with van der Waals surface area (Å²) in [5.41, 5.74) is -9.06. The van der Waals surface area contributed by atoms with Crippen LogP contribution in [0.4, 0.5) is 4.39 Å². The minimum Gasteiger partial charge on any atom is -0.459 e. The molecule has 0 aromatic heterocycles. The van der Waals surface area contributed by atoms with E-state index in [1.54, 1.807) is 75.3 Å². The third-order valence-corrected chi connectivity index (χ3v) is 22.4. The summed E-state index contributed by atoms with van der Waals surface area (Å²) >= 11 is 7.57. The summed E-state index contributed by atoms with van der Waals surface area (Å²) < 4.78 is 54.5. The van der Waals surface area contributed by atoms with Gasteiger partial charge < -0.3 is 74.4 Å². The lowest BCUT2D eigenvalue weighted by atomic mass is 9.45. The highest BCUT2D eigenvalue weighted by Crippen LogP contribution is 2.71.